The third-order valence-electron chi connectivity index (χ3n) is 3.38. The van der Waals surface area contributed by atoms with Gasteiger partial charge in [0.25, 0.3) is 0 Å². The number of rotatable bonds is 9. The van der Waals surface area contributed by atoms with Crippen molar-refractivity contribution in [1.29, 1.82) is 0 Å². The lowest BCUT2D eigenvalue weighted by atomic mass is 9.94. The largest absolute Gasteiger partial charge is 0.334 e. The number of amides is 1. The van der Waals surface area contributed by atoms with Gasteiger partial charge in [0.1, 0.15) is 0 Å². The van der Waals surface area contributed by atoms with Gasteiger partial charge in [0.2, 0.25) is 5.91 Å². The molecule has 0 bridgehead atoms. The summed E-state index contributed by atoms with van der Waals surface area (Å²) in [5.74, 6) is 0.0473. The molecule has 0 aliphatic rings. The number of hydrogen-bond acceptors (Lipinski definition) is 1. The number of halogens is 1. The average Bonchev–Trinajstić information content (AvgIpc) is 2.29. The van der Waals surface area contributed by atoms with Gasteiger partial charge in [-0.05, 0) is 33.3 Å². The van der Waals surface area contributed by atoms with Crippen LogP contribution in [0.2, 0.25) is 0 Å². The van der Waals surface area contributed by atoms with Crippen molar-refractivity contribution in [2.75, 3.05) is 6.54 Å². The Morgan fingerprint density at radius 1 is 1.17 bits per heavy atom. The number of carbonyl (C=O) groups excluding carboxylic acids is 1. The van der Waals surface area contributed by atoms with E-state index in [9.17, 15) is 4.79 Å². The van der Waals surface area contributed by atoms with E-state index in [0.29, 0.717) is 0 Å². The fourth-order valence-corrected chi connectivity index (χ4v) is 2.29. The number of likely N-dealkylation sites (N-methyl/N-ethyl adjacent to an activating group) is 1. The average molecular weight is 276 g/mol. The molecule has 0 aromatic heterocycles. The maximum Gasteiger partial charge on any atom is 0.246 e. The van der Waals surface area contributed by atoms with Gasteiger partial charge >= 0.3 is 0 Å². The van der Waals surface area contributed by atoms with Crippen molar-refractivity contribution < 1.29 is 4.79 Å². The lowest BCUT2D eigenvalue weighted by Crippen LogP contribution is -2.46. The first-order chi connectivity index (χ1) is 7.99. The molecule has 0 aromatic rings. The third-order valence-corrected chi connectivity index (χ3v) is 3.38. The molecular weight excluding hydrogens is 246 g/mol. The molecule has 0 fully saturated rings. The molecule has 0 aromatic carbocycles. The van der Waals surface area contributed by atoms with Gasteiger partial charge in [0.05, 0.1) is 0 Å². The third kappa shape index (κ3) is 7.05. The Bertz CT molecular complexity index is 239. The van der Waals surface area contributed by atoms with Crippen LogP contribution in [0, 0.1) is 0 Å². The Labute approximate surface area is 119 Å². The molecule has 0 aliphatic heterocycles. The van der Waals surface area contributed by atoms with E-state index < -0.39 is 0 Å². The Kier molecular flexibility index (Phi) is 11.5. The normalized spacial score (nSPS) is 10.7. The van der Waals surface area contributed by atoms with Gasteiger partial charge in [-0.1, -0.05) is 45.6 Å². The van der Waals surface area contributed by atoms with Crippen LogP contribution in [-0.4, -0.2) is 22.9 Å². The van der Waals surface area contributed by atoms with Crippen LogP contribution < -0.4 is 0 Å². The molecule has 108 valence electrons. The van der Waals surface area contributed by atoms with E-state index in [1.807, 2.05) is 11.8 Å². The van der Waals surface area contributed by atoms with Crippen LogP contribution in [0.3, 0.4) is 0 Å². The highest BCUT2D eigenvalue weighted by Gasteiger charge is 2.27. The molecule has 0 unspecified atom stereocenters. The minimum Gasteiger partial charge on any atom is -0.334 e. The van der Waals surface area contributed by atoms with E-state index in [1.54, 1.807) is 0 Å². The van der Waals surface area contributed by atoms with Crippen molar-refractivity contribution in [3.05, 3.63) is 12.7 Å². The second-order valence-electron chi connectivity index (χ2n) is 5.26. The summed E-state index contributed by atoms with van der Waals surface area (Å²) < 4.78 is 0. The summed E-state index contributed by atoms with van der Waals surface area (Å²) in [6, 6.07) is 0. The number of hydrogen-bond donors (Lipinski definition) is 0. The van der Waals surface area contributed by atoms with Crippen molar-refractivity contribution in [1.82, 2.24) is 4.90 Å². The van der Waals surface area contributed by atoms with E-state index in [1.165, 1.54) is 38.2 Å². The lowest BCUT2D eigenvalue weighted by molar-refractivity contribution is -0.131. The maximum absolute atomic E-state index is 11.7. The minimum atomic E-state index is -0.0494. The zero-order chi connectivity index (χ0) is 13.3. The molecule has 0 rings (SSSR count). The van der Waals surface area contributed by atoms with Crippen molar-refractivity contribution in [3.63, 3.8) is 0 Å². The summed E-state index contributed by atoms with van der Waals surface area (Å²) in [6.45, 7) is 12.9. The summed E-state index contributed by atoms with van der Waals surface area (Å²) in [5, 5.41) is 0. The molecule has 0 heterocycles. The molecule has 0 saturated carbocycles. The molecule has 18 heavy (non-hydrogen) atoms. The van der Waals surface area contributed by atoms with Gasteiger partial charge in [-0.25, -0.2) is 0 Å². The Balaban J connectivity index is 0. The first-order valence-corrected chi connectivity index (χ1v) is 6.93. The van der Waals surface area contributed by atoms with Crippen molar-refractivity contribution in [2.24, 2.45) is 0 Å². The van der Waals surface area contributed by atoms with Crippen molar-refractivity contribution >= 4 is 18.3 Å². The van der Waals surface area contributed by atoms with Crippen LogP contribution in [0.1, 0.15) is 66.2 Å². The lowest BCUT2D eigenvalue weighted by Gasteiger charge is -2.37. The summed E-state index contributed by atoms with van der Waals surface area (Å²) in [4.78, 5) is 13.6. The molecule has 1 amide bonds. The summed E-state index contributed by atoms with van der Waals surface area (Å²) in [5.41, 5.74) is -0.0494. The van der Waals surface area contributed by atoms with Crippen LogP contribution >= 0.6 is 12.4 Å². The summed E-state index contributed by atoms with van der Waals surface area (Å²) >= 11 is 0. The van der Waals surface area contributed by atoms with E-state index in [4.69, 9.17) is 0 Å². The summed E-state index contributed by atoms with van der Waals surface area (Å²) in [7, 11) is 0. The Morgan fingerprint density at radius 2 is 1.72 bits per heavy atom. The molecule has 0 spiro atoms. The number of nitrogens with zero attached hydrogens (tertiary/aromatic N) is 1. The van der Waals surface area contributed by atoms with Gasteiger partial charge in [-0.3, -0.25) is 4.79 Å². The van der Waals surface area contributed by atoms with Crippen LogP contribution in [0.25, 0.3) is 0 Å². The monoisotopic (exact) mass is 275 g/mol. The second-order valence-corrected chi connectivity index (χ2v) is 5.26. The quantitative estimate of drug-likeness (QED) is 0.445. The predicted octanol–water partition coefficient (Wildman–Crippen LogP) is 4.58. The van der Waals surface area contributed by atoms with E-state index in [2.05, 4.69) is 27.4 Å². The molecule has 2 nitrogen and oxygen atoms in total. The van der Waals surface area contributed by atoms with Crippen LogP contribution in [0.4, 0.5) is 0 Å². The first-order valence-electron chi connectivity index (χ1n) is 6.93. The van der Waals surface area contributed by atoms with Gasteiger partial charge in [0.15, 0.2) is 0 Å². The van der Waals surface area contributed by atoms with Gasteiger partial charge in [0, 0.05) is 12.1 Å². The SMILES string of the molecule is C=CC(=O)N(CC)C(C)(C)CCCCCCC.Cl. The molecule has 0 saturated heterocycles. The smallest absolute Gasteiger partial charge is 0.246 e. The van der Waals surface area contributed by atoms with Crippen LogP contribution in [-0.2, 0) is 4.79 Å². The Morgan fingerprint density at radius 3 is 2.17 bits per heavy atom. The fraction of sp³-hybridized carbons (Fsp3) is 0.800. The predicted molar refractivity (Wildman–Crippen MR) is 82.3 cm³/mol. The summed E-state index contributed by atoms with van der Waals surface area (Å²) in [6.07, 6.45) is 8.88. The minimum absolute atomic E-state index is 0. The number of carbonyl (C=O) groups is 1. The molecular formula is C15H30ClNO. The van der Waals surface area contributed by atoms with Crippen molar-refractivity contribution in [3.8, 4) is 0 Å². The highest BCUT2D eigenvalue weighted by molar-refractivity contribution is 5.87. The standard InChI is InChI=1S/C15H29NO.ClH/c1-6-9-10-11-12-13-15(4,5)16(8-3)14(17)7-2;/h7H,2,6,8-13H2,1,3-5H3;1H. The molecule has 0 radical (unpaired) electrons. The zero-order valence-corrected chi connectivity index (χ0v) is 13.3. The van der Waals surface area contributed by atoms with Gasteiger partial charge < -0.3 is 4.90 Å². The van der Waals surface area contributed by atoms with Crippen LogP contribution in [0.5, 0.6) is 0 Å². The van der Waals surface area contributed by atoms with E-state index in [0.717, 1.165) is 13.0 Å². The van der Waals surface area contributed by atoms with Gasteiger partial charge in [-0.2, -0.15) is 0 Å². The maximum atomic E-state index is 11.7. The second kappa shape index (κ2) is 10.4. The van der Waals surface area contributed by atoms with Crippen LogP contribution in [0.15, 0.2) is 12.7 Å². The number of unbranched alkanes of at least 4 members (excludes halogenated alkanes) is 4. The molecule has 0 atom stereocenters. The molecule has 0 aliphatic carbocycles. The molecule has 0 N–H and O–H groups in total. The Hall–Kier alpha value is -0.500. The van der Waals surface area contributed by atoms with Crippen molar-refractivity contribution in [2.45, 2.75) is 71.8 Å². The molecule has 3 heteroatoms. The zero-order valence-electron chi connectivity index (χ0n) is 12.5. The van der Waals surface area contributed by atoms with E-state index in [-0.39, 0.29) is 23.9 Å². The van der Waals surface area contributed by atoms with Gasteiger partial charge in [-0.15, -0.1) is 12.4 Å². The fourth-order valence-electron chi connectivity index (χ4n) is 2.29. The highest BCUT2D eigenvalue weighted by atomic mass is 35.5. The first kappa shape index (κ1) is 19.8. The highest BCUT2D eigenvalue weighted by Crippen LogP contribution is 2.22. The topological polar surface area (TPSA) is 20.3 Å². The van der Waals surface area contributed by atoms with E-state index >= 15 is 0 Å².